The molecular formula is C12H15FN2O5S. The van der Waals surface area contributed by atoms with E-state index in [9.17, 15) is 22.9 Å². The van der Waals surface area contributed by atoms with Crippen LogP contribution >= 0.6 is 0 Å². The van der Waals surface area contributed by atoms with Crippen LogP contribution in [0.15, 0.2) is 35.2 Å². The molecule has 0 aliphatic rings. The normalized spacial score (nSPS) is 11.3. The summed E-state index contributed by atoms with van der Waals surface area (Å²) in [5.41, 5.74) is -0.0941. The van der Waals surface area contributed by atoms with Crippen LogP contribution in [0, 0.1) is 15.9 Å². The highest BCUT2D eigenvalue weighted by molar-refractivity contribution is 7.89. The first-order valence-electron chi connectivity index (χ1n) is 5.90. The third-order valence-electron chi connectivity index (χ3n) is 2.31. The van der Waals surface area contributed by atoms with E-state index in [0.717, 1.165) is 17.7 Å². The lowest BCUT2D eigenvalue weighted by molar-refractivity contribution is -0.387. The zero-order valence-electron chi connectivity index (χ0n) is 11.3. The van der Waals surface area contributed by atoms with Crippen molar-refractivity contribution in [1.82, 2.24) is 4.72 Å². The fourth-order valence-electron chi connectivity index (χ4n) is 1.38. The van der Waals surface area contributed by atoms with Crippen molar-refractivity contribution in [3.8, 4) is 0 Å². The summed E-state index contributed by atoms with van der Waals surface area (Å²) >= 11 is 0. The number of nitro benzene ring substituents is 1. The van der Waals surface area contributed by atoms with E-state index in [2.05, 4.69) is 11.3 Å². The summed E-state index contributed by atoms with van der Waals surface area (Å²) < 4.78 is 44.2. The second kappa shape index (κ2) is 7.25. The van der Waals surface area contributed by atoms with Crippen LogP contribution in [0.1, 0.15) is 6.92 Å². The van der Waals surface area contributed by atoms with Crippen LogP contribution in [-0.4, -0.2) is 33.1 Å². The Balaban J connectivity index is 2.72. The summed E-state index contributed by atoms with van der Waals surface area (Å²) in [5.74, 6) is -1.09. The largest absolute Gasteiger partial charge is 0.376 e. The first kappa shape index (κ1) is 17.2. The summed E-state index contributed by atoms with van der Waals surface area (Å²) in [6.07, 6.45) is 0. The number of hydrogen-bond donors (Lipinski definition) is 1. The molecule has 21 heavy (non-hydrogen) atoms. The molecule has 0 unspecified atom stereocenters. The molecule has 9 heteroatoms. The second-order valence-electron chi connectivity index (χ2n) is 4.28. The van der Waals surface area contributed by atoms with Crippen molar-refractivity contribution >= 4 is 15.7 Å². The van der Waals surface area contributed by atoms with Crippen LogP contribution in [0.2, 0.25) is 0 Å². The molecule has 116 valence electrons. The number of hydrogen-bond acceptors (Lipinski definition) is 5. The Bertz CT molecular complexity index is 645. The van der Waals surface area contributed by atoms with Crippen molar-refractivity contribution in [2.24, 2.45) is 0 Å². The fourth-order valence-corrected chi connectivity index (χ4v) is 2.41. The maximum Gasteiger partial charge on any atom is 0.306 e. The zero-order chi connectivity index (χ0) is 16.0. The molecule has 0 spiro atoms. The molecule has 0 radical (unpaired) electrons. The molecule has 0 atom stereocenters. The first-order valence-corrected chi connectivity index (χ1v) is 7.38. The van der Waals surface area contributed by atoms with E-state index in [-0.39, 0.29) is 18.0 Å². The monoisotopic (exact) mass is 318 g/mol. The van der Waals surface area contributed by atoms with Gasteiger partial charge in [-0.05, 0) is 19.1 Å². The zero-order valence-corrected chi connectivity index (χ0v) is 12.2. The molecule has 0 aliphatic heterocycles. The smallest absolute Gasteiger partial charge is 0.306 e. The van der Waals surface area contributed by atoms with Crippen molar-refractivity contribution in [3.05, 3.63) is 46.3 Å². The molecular weight excluding hydrogens is 303 g/mol. The number of ether oxygens (including phenoxy) is 1. The van der Waals surface area contributed by atoms with E-state index in [0.29, 0.717) is 12.7 Å². The van der Waals surface area contributed by atoms with Crippen LogP contribution in [0.5, 0.6) is 0 Å². The predicted molar refractivity (Wildman–Crippen MR) is 73.9 cm³/mol. The van der Waals surface area contributed by atoms with E-state index in [1.165, 1.54) is 0 Å². The summed E-state index contributed by atoms with van der Waals surface area (Å²) in [5, 5.41) is 10.6. The van der Waals surface area contributed by atoms with Crippen LogP contribution < -0.4 is 4.72 Å². The van der Waals surface area contributed by atoms with E-state index in [1.807, 2.05) is 0 Å². The molecule has 0 saturated carbocycles. The molecule has 0 aliphatic carbocycles. The van der Waals surface area contributed by atoms with Gasteiger partial charge in [-0.15, -0.1) is 0 Å². The molecule has 0 aromatic heterocycles. The van der Waals surface area contributed by atoms with Gasteiger partial charge in [-0.2, -0.15) is 4.39 Å². The van der Waals surface area contributed by atoms with Gasteiger partial charge in [0.2, 0.25) is 15.8 Å². The Kier molecular flexibility index (Phi) is 5.94. The van der Waals surface area contributed by atoms with Gasteiger partial charge in [-0.1, -0.05) is 12.2 Å². The van der Waals surface area contributed by atoms with Gasteiger partial charge in [0.15, 0.2) is 0 Å². The minimum atomic E-state index is -3.96. The average molecular weight is 318 g/mol. The number of rotatable bonds is 8. The van der Waals surface area contributed by atoms with Crippen molar-refractivity contribution in [2.75, 3.05) is 19.8 Å². The minimum Gasteiger partial charge on any atom is -0.376 e. The summed E-state index contributed by atoms with van der Waals surface area (Å²) in [4.78, 5) is 9.23. The summed E-state index contributed by atoms with van der Waals surface area (Å²) in [7, 11) is -3.96. The highest BCUT2D eigenvalue weighted by atomic mass is 32.2. The standard InChI is InChI=1S/C12H15FN2O5S/c1-9(2)8-20-6-5-14-21(18,19)10-3-4-11(13)12(7-10)15(16)17/h3-4,7,14H,1,5-6,8H2,2H3. The number of sulfonamides is 1. The lowest BCUT2D eigenvalue weighted by Gasteiger charge is -2.07. The number of nitrogens with zero attached hydrogens (tertiary/aromatic N) is 1. The molecule has 1 aromatic carbocycles. The van der Waals surface area contributed by atoms with Crippen molar-refractivity contribution in [1.29, 1.82) is 0 Å². The van der Waals surface area contributed by atoms with E-state index >= 15 is 0 Å². The van der Waals surface area contributed by atoms with Gasteiger partial charge in [-0.3, -0.25) is 10.1 Å². The van der Waals surface area contributed by atoms with Gasteiger partial charge in [-0.25, -0.2) is 13.1 Å². The Hall–Kier alpha value is -1.84. The molecule has 0 fully saturated rings. The number of halogens is 1. The molecule has 1 aromatic rings. The Morgan fingerprint density at radius 2 is 2.19 bits per heavy atom. The highest BCUT2D eigenvalue weighted by Gasteiger charge is 2.21. The van der Waals surface area contributed by atoms with Gasteiger partial charge < -0.3 is 4.74 Å². The van der Waals surface area contributed by atoms with Crippen LogP contribution in [-0.2, 0) is 14.8 Å². The summed E-state index contributed by atoms with van der Waals surface area (Å²) in [6, 6.07) is 2.37. The lowest BCUT2D eigenvalue weighted by Crippen LogP contribution is -2.27. The van der Waals surface area contributed by atoms with Gasteiger partial charge in [0, 0.05) is 12.6 Å². The topological polar surface area (TPSA) is 98.5 Å². The molecule has 0 bridgehead atoms. The Morgan fingerprint density at radius 3 is 2.76 bits per heavy atom. The molecule has 1 N–H and O–H groups in total. The number of nitrogens with one attached hydrogen (secondary N) is 1. The third kappa shape index (κ3) is 5.21. The molecule has 7 nitrogen and oxygen atoms in total. The van der Waals surface area contributed by atoms with Gasteiger partial charge >= 0.3 is 5.69 Å². The van der Waals surface area contributed by atoms with E-state index in [4.69, 9.17) is 4.74 Å². The minimum absolute atomic E-state index is 0.0131. The maximum atomic E-state index is 13.2. The lowest BCUT2D eigenvalue weighted by atomic mass is 10.3. The Labute approximate surface area is 121 Å². The molecule has 0 saturated heterocycles. The Morgan fingerprint density at radius 1 is 1.52 bits per heavy atom. The SMILES string of the molecule is C=C(C)COCCNS(=O)(=O)c1ccc(F)c([N+](=O)[O-])c1. The predicted octanol–water partition coefficient (Wildman–Crippen LogP) is 1.60. The van der Waals surface area contributed by atoms with Crippen molar-refractivity contribution < 1.29 is 22.5 Å². The average Bonchev–Trinajstić information content (AvgIpc) is 2.37. The van der Waals surface area contributed by atoms with Gasteiger partial charge in [0.05, 0.1) is 23.0 Å². The van der Waals surface area contributed by atoms with Crippen LogP contribution in [0.4, 0.5) is 10.1 Å². The second-order valence-corrected chi connectivity index (χ2v) is 6.04. The third-order valence-corrected chi connectivity index (χ3v) is 3.77. The van der Waals surface area contributed by atoms with E-state index in [1.54, 1.807) is 6.92 Å². The van der Waals surface area contributed by atoms with E-state index < -0.39 is 26.5 Å². The van der Waals surface area contributed by atoms with Crippen molar-refractivity contribution in [3.63, 3.8) is 0 Å². The number of nitro groups is 1. The van der Waals surface area contributed by atoms with Gasteiger partial charge in [0.1, 0.15) is 0 Å². The molecule has 0 amide bonds. The molecule has 1 rings (SSSR count). The number of benzene rings is 1. The maximum absolute atomic E-state index is 13.2. The molecule has 0 heterocycles. The van der Waals surface area contributed by atoms with Crippen LogP contribution in [0.25, 0.3) is 0 Å². The highest BCUT2D eigenvalue weighted by Crippen LogP contribution is 2.21. The quantitative estimate of drug-likeness (QED) is 0.340. The summed E-state index contributed by atoms with van der Waals surface area (Å²) in [6.45, 7) is 5.80. The first-order chi connectivity index (χ1) is 9.74. The van der Waals surface area contributed by atoms with Crippen LogP contribution in [0.3, 0.4) is 0 Å². The fraction of sp³-hybridized carbons (Fsp3) is 0.333. The van der Waals surface area contributed by atoms with Crippen molar-refractivity contribution in [2.45, 2.75) is 11.8 Å². The van der Waals surface area contributed by atoms with Gasteiger partial charge in [0.25, 0.3) is 0 Å².